The van der Waals surface area contributed by atoms with Crippen molar-refractivity contribution in [2.75, 3.05) is 5.88 Å². The first-order valence-corrected chi connectivity index (χ1v) is 4.17. The molecule has 12 heavy (non-hydrogen) atoms. The summed E-state index contributed by atoms with van der Waals surface area (Å²) in [4.78, 5) is 0. The molecule has 0 aliphatic heterocycles. The Morgan fingerprint density at radius 3 is 2.58 bits per heavy atom. The summed E-state index contributed by atoms with van der Waals surface area (Å²) in [7, 11) is 0. The lowest BCUT2D eigenvalue weighted by Crippen LogP contribution is -2.19. The van der Waals surface area contributed by atoms with Crippen molar-refractivity contribution in [3.8, 4) is 0 Å². The molecule has 0 radical (unpaired) electrons. The van der Waals surface area contributed by atoms with E-state index in [-0.39, 0.29) is 5.88 Å². The molecule has 0 spiro atoms. The number of hydrogen-bond acceptors (Lipinski definition) is 3. The van der Waals surface area contributed by atoms with Gasteiger partial charge in [-0.25, -0.2) is 0 Å². The molecule has 2 atom stereocenters. The predicted molar refractivity (Wildman–Crippen MR) is 45.1 cm³/mol. The highest BCUT2D eigenvalue weighted by Gasteiger charge is 2.19. The maximum Gasteiger partial charge on any atom is 0.139 e. The fourth-order valence-electron chi connectivity index (χ4n) is 0.886. The Labute approximate surface area is 75.6 Å². The van der Waals surface area contributed by atoms with Crippen LogP contribution in [0.2, 0.25) is 0 Å². The molecular formula is C8H11ClO3. The van der Waals surface area contributed by atoms with E-state index in [0.29, 0.717) is 11.5 Å². The molecule has 0 saturated heterocycles. The number of aliphatic hydroxyl groups is 2. The first-order chi connectivity index (χ1) is 5.65. The molecule has 68 valence electrons. The summed E-state index contributed by atoms with van der Waals surface area (Å²) in [6.07, 6.45) is -2.01. The molecule has 1 aromatic rings. The summed E-state index contributed by atoms with van der Waals surface area (Å²) < 4.78 is 5.10. The molecule has 3 nitrogen and oxygen atoms in total. The van der Waals surface area contributed by atoms with Crippen LogP contribution >= 0.6 is 11.6 Å². The summed E-state index contributed by atoms with van der Waals surface area (Å²) in [5.41, 5.74) is 0. The van der Waals surface area contributed by atoms with Crippen LogP contribution in [0.25, 0.3) is 0 Å². The van der Waals surface area contributed by atoms with Crippen molar-refractivity contribution >= 4 is 11.6 Å². The van der Waals surface area contributed by atoms with E-state index >= 15 is 0 Å². The van der Waals surface area contributed by atoms with Gasteiger partial charge < -0.3 is 14.6 Å². The van der Waals surface area contributed by atoms with Gasteiger partial charge in [0.2, 0.25) is 0 Å². The van der Waals surface area contributed by atoms with Crippen LogP contribution in [0.5, 0.6) is 0 Å². The molecule has 1 aromatic heterocycles. The van der Waals surface area contributed by atoms with Crippen molar-refractivity contribution < 1.29 is 14.6 Å². The lowest BCUT2D eigenvalue weighted by molar-refractivity contribution is 0.0185. The summed E-state index contributed by atoms with van der Waals surface area (Å²) in [5.74, 6) is 1.03. The van der Waals surface area contributed by atoms with Gasteiger partial charge in [-0.3, -0.25) is 0 Å². The van der Waals surface area contributed by atoms with Gasteiger partial charge in [0.25, 0.3) is 0 Å². The zero-order valence-electron chi connectivity index (χ0n) is 6.70. The van der Waals surface area contributed by atoms with E-state index in [1.165, 1.54) is 0 Å². The number of hydrogen-bond donors (Lipinski definition) is 2. The Hall–Kier alpha value is -0.510. The van der Waals surface area contributed by atoms with Gasteiger partial charge in [0.05, 0.1) is 5.88 Å². The van der Waals surface area contributed by atoms with Crippen LogP contribution in [-0.2, 0) is 0 Å². The molecule has 0 fully saturated rings. The minimum Gasteiger partial charge on any atom is -0.464 e. The number of aryl methyl sites for hydroxylation is 1. The molecule has 2 unspecified atom stereocenters. The lowest BCUT2D eigenvalue weighted by atomic mass is 10.2. The smallest absolute Gasteiger partial charge is 0.139 e. The summed E-state index contributed by atoms with van der Waals surface area (Å²) in [6.45, 7) is 1.77. The van der Waals surface area contributed by atoms with E-state index in [0.717, 1.165) is 0 Å². The Bertz CT molecular complexity index is 246. The minimum absolute atomic E-state index is 0.0130. The second kappa shape index (κ2) is 3.94. The van der Waals surface area contributed by atoms with Crippen LogP contribution in [0.1, 0.15) is 17.6 Å². The molecule has 0 aliphatic carbocycles. The lowest BCUT2D eigenvalue weighted by Gasteiger charge is -2.11. The minimum atomic E-state index is -1.03. The van der Waals surface area contributed by atoms with Gasteiger partial charge in [-0.15, -0.1) is 11.6 Å². The molecule has 0 aromatic carbocycles. The Morgan fingerprint density at radius 1 is 1.50 bits per heavy atom. The van der Waals surface area contributed by atoms with E-state index in [4.69, 9.17) is 21.1 Å². The zero-order valence-corrected chi connectivity index (χ0v) is 7.45. The van der Waals surface area contributed by atoms with Gasteiger partial charge in [0, 0.05) is 0 Å². The number of halogens is 1. The van der Waals surface area contributed by atoms with Gasteiger partial charge >= 0.3 is 0 Å². The SMILES string of the molecule is Cc1ccc(C(O)C(O)CCl)o1. The topological polar surface area (TPSA) is 53.6 Å². The second-order valence-corrected chi connectivity index (χ2v) is 2.92. The molecule has 2 N–H and O–H groups in total. The molecule has 0 bridgehead atoms. The van der Waals surface area contributed by atoms with Crippen LogP contribution < -0.4 is 0 Å². The van der Waals surface area contributed by atoms with Crippen molar-refractivity contribution in [1.82, 2.24) is 0 Å². The van der Waals surface area contributed by atoms with Crippen molar-refractivity contribution in [2.24, 2.45) is 0 Å². The first-order valence-electron chi connectivity index (χ1n) is 3.63. The number of rotatable bonds is 3. The summed E-state index contributed by atoms with van der Waals surface area (Å²) in [5, 5.41) is 18.5. The molecule has 1 heterocycles. The van der Waals surface area contributed by atoms with Gasteiger partial charge in [-0.1, -0.05) is 0 Å². The van der Waals surface area contributed by atoms with E-state index in [9.17, 15) is 5.11 Å². The maximum absolute atomic E-state index is 9.37. The molecule has 1 rings (SSSR count). The number of alkyl halides is 1. The molecule has 0 saturated carbocycles. The number of aliphatic hydroxyl groups excluding tert-OH is 2. The van der Waals surface area contributed by atoms with E-state index in [1.807, 2.05) is 0 Å². The van der Waals surface area contributed by atoms with Crippen LogP contribution in [0.3, 0.4) is 0 Å². The van der Waals surface area contributed by atoms with E-state index in [2.05, 4.69) is 0 Å². The Morgan fingerprint density at radius 2 is 2.17 bits per heavy atom. The largest absolute Gasteiger partial charge is 0.464 e. The zero-order chi connectivity index (χ0) is 9.14. The highest BCUT2D eigenvalue weighted by molar-refractivity contribution is 6.18. The normalized spacial score (nSPS) is 16.0. The quantitative estimate of drug-likeness (QED) is 0.705. The van der Waals surface area contributed by atoms with Crippen LogP contribution in [-0.4, -0.2) is 22.2 Å². The average molecular weight is 191 g/mol. The monoisotopic (exact) mass is 190 g/mol. The molecule has 0 amide bonds. The Kier molecular flexibility index (Phi) is 3.14. The average Bonchev–Trinajstić information content (AvgIpc) is 2.49. The fraction of sp³-hybridized carbons (Fsp3) is 0.500. The predicted octanol–water partition coefficient (Wildman–Crippen LogP) is 1.22. The van der Waals surface area contributed by atoms with Crippen molar-refractivity contribution in [1.29, 1.82) is 0 Å². The van der Waals surface area contributed by atoms with E-state index in [1.54, 1.807) is 19.1 Å². The highest BCUT2D eigenvalue weighted by Crippen LogP contribution is 2.19. The standard InChI is InChI=1S/C8H11ClO3/c1-5-2-3-7(12-5)8(11)6(10)4-9/h2-3,6,8,10-11H,4H2,1H3. The van der Waals surface area contributed by atoms with Crippen LogP contribution in [0.15, 0.2) is 16.5 Å². The molecule has 0 aliphatic rings. The van der Waals surface area contributed by atoms with Crippen LogP contribution in [0.4, 0.5) is 0 Å². The first kappa shape index (κ1) is 9.58. The third kappa shape index (κ3) is 2.00. The van der Waals surface area contributed by atoms with Gasteiger partial charge in [-0.2, -0.15) is 0 Å². The van der Waals surface area contributed by atoms with Gasteiger partial charge in [0.1, 0.15) is 23.7 Å². The van der Waals surface area contributed by atoms with Gasteiger partial charge in [-0.05, 0) is 19.1 Å². The third-order valence-electron chi connectivity index (χ3n) is 1.58. The third-order valence-corrected chi connectivity index (χ3v) is 1.89. The molecule has 4 heteroatoms. The second-order valence-electron chi connectivity index (χ2n) is 2.61. The summed E-state index contributed by atoms with van der Waals surface area (Å²) in [6, 6.07) is 3.34. The fourth-order valence-corrected chi connectivity index (χ4v) is 1.06. The van der Waals surface area contributed by atoms with Crippen molar-refractivity contribution in [3.63, 3.8) is 0 Å². The maximum atomic E-state index is 9.37. The van der Waals surface area contributed by atoms with E-state index < -0.39 is 12.2 Å². The Balaban J connectivity index is 2.70. The number of furan rings is 1. The van der Waals surface area contributed by atoms with Crippen molar-refractivity contribution in [2.45, 2.75) is 19.1 Å². The summed E-state index contributed by atoms with van der Waals surface area (Å²) >= 11 is 5.35. The van der Waals surface area contributed by atoms with Crippen LogP contribution in [0, 0.1) is 6.92 Å². The van der Waals surface area contributed by atoms with Gasteiger partial charge in [0.15, 0.2) is 0 Å². The van der Waals surface area contributed by atoms with Crippen molar-refractivity contribution in [3.05, 3.63) is 23.7 Å². The molecular weight excluding hydrogens is 180 g/mol. The highest BCUT2D eigenvalue weighted by atomic mass is 35.5.